The molecule has 1 amide bonds. The second kappa shape index (κ2) is 11.6. The number of rotatable bonds is 12. The zero-order valence-corrected chi connectivity index (χ0v) is 16.1. The monoisotopic (exact) mass is 402 g/mol. The van der Waals surface area contributed by atoms with Gasteiger partial charge in [0, 0.05) is 12.1 Å². The molecular weight excluding hydrogens is 373 g/mol. The highest BCUT2D eigenvalue weighted by molar-refractivity contribution is 5.95. The Kier molecular flexibility index (Phi) is 9.85. The molecule has 0 aliphatic rings. The van der Waals surface area contributed by atoms with Crippen LogP contribution in [0.1, 0.15) is 57.4 Å². The first-order valence-corrected chi connectivity index (χ1v) is 9.42. The highest BCUT2D eigenvalue weighted by Gasteiger charge is 2.35. The molecule has 5 nitrogen and oxygen atoms in total. The van der Waals surface area contributed by atoms with Gasteiger partial charge < -0.3 is 20.9 Å². The van der Waals surface area contributed by atoms with E-state index in [1.165, 1.54) is 12.1 Å². The number of nitrogens with two attached hydrogens (primary N) is 1. The van der Waals surface area contributed by atoms with E-state index < -0.39 is 23.7 Å². The van der Waals surface area contributed by atoms with Gasteiger partial charge in [-0.15, -0.1) is 0 Å². The maximum Gasteiger partial charge on any atom is 0.420 e. The second-order valence-electron chi connectivity index (χ2n) is 6.69. The molecule has 0 unspecified atom stereocenters. The zero-order valence-electron chi connectivity index (χ0n) is 16.1. The van der Waals surface area contributed by atoms with Crippen LogP contribution in [0.2, 0.25) is 0 Å². The molecule has 8 heteroatoms. The predicted octanol–water partition coefficient (Wildman–Crippen LogP) is 5.17. The predicted molar refractivity (Wildman–Crippen MR) is 103 cm³/mol. The van der Waals surface area contributed by atoms with Crippen molar-refractivity contribution < 1.29 is 27.8 Å². The molecule has 0 bridgehead atoms. The fourth-order valence-corrected chi connectivity index (χ4v) is 2.60. The van der Waals surface area contributed by atoms with Crippen LogP contribution in [0.4, 0.5) is 18.9 Å². The van der Waals surface area contributed by atoms with E-state index in [1.54, 1.807) is 0 Å². The molecule has 1 rings (SSSR count). The minimum Gasteiger partial charge on any atom is -0.513 e. The molecule has 0 fully saturated rings. The summed E-state index contributed by atoms with van der Waals surface area (Å²) in [6.45, 7) is 5.54. The van der Waals surface area contributed by atoms with Crippen LogP contribution >= 0.6 is 0 Å². The van der Waals surface area contributed by atoms with Crippen molar-refractivity contribution in [3.63, 3.8) is 0 Å². The topological polar surface area (TPSA) is 84.6 Å². The third-order valence-electron chi connectivity index (χ3n) is 4.10. The molecule has 4 N–H and O–H groups in total. The Morgan fingerprint density at radius 3 is 2.50 bits per heavy atom. The van der Waals surface area contributed by atoms with E-state index in [9.17, 15) is 18.0 Å². The van der Waals surface area contributed by atoms with Gasteiger partial charge in [-0.1, -0.05) is 45.6 Å². The van der Waals surface area contributed by atoms with Crippen LogP contribution in [0.25, 0.3) is 0 Å². The average Bonchev–Trinajstić information content (AvgIpc) is 2.60. The lowest BCUT2D eigenvalue weighted by Gasteiger charge is -2.17. The largest absolute Gasteiger partial charge is 0.513 e. The summed E-state index contributed by atoms with van der Waals surface area (Å²) in [6.07, 6.45) is 1.22. The summed E-state index contributed by atoms with van der Waals surface area (Å²) in [4.78, 5) is 11.9. The van der Waals surface area contributed by atoms with Crippen LogP contribution in [0.15, 0.2) is 30.5 Å². The summed E-state index contributed by atoms with van der Waals surface area (Å²) >= 11 is 0. The molecule has 0 saturated heterocycles. The third-order valence-corrected chi connectivity index (χ3v) is 4.10. The number of anilines is 1. The highest BCUT2D eigenvalue weighted by atomic mass is 19.4. The molecule has 0 aliphatic heterocycles. The number of ether oxygens (including phenoxy) is 1. The second-order valence-corrected chi connectivity index (χ2v) is 6.69. The molecule has 1 atom stereocenters. The fraction of sp³-hybridized carbons (Fsp3) is 0.550. The molecular formula is C20H29F3N2O3. The van der Waals surface area contributed by atoms with Crippen molar-refractivity contribution in [3.8, 4) is 5.75 Å². The standard InChI is InChI=1S/C20H29F3N2O3/c1-3-4-5-6-7-8-11-28-18-10-9-15(13-16(18)20(21,22)23)25-19(27)17(24)12-14(2)26/h9-10,13,17,26H,2-8,11-12,24H2,1H3,(H,25,27)/t17-/m0/s1. The quantitative estimate of drug-likeness (QED) is 0.333. The van der Waals surface area contributed by atoms with Crippen LogP contribution in [0.5, 0.6) is 5.75 Å². The Morgan fingerprint density at radius 2 is 1.89 bits per heavy atom. The number of alkyl halides is 3. The van der Waals surface area contributed by atoms with Crippen LogP contribution in [0.3, 0.4) is 0 Å². The minimum absolute atomic E-state index is 0.0526. The van der Waals surface area contributed by atoms with Crippen LogP contribution in [-0.2, 0) is 11.0 Å². The smallest absolute Gasteiger partial charge is 0.420 e. The molecule has 0 aromatic heterocycles. The van der Waals surface area contributed by atoms with Crippen LogP contribution < -0.4 is 15.8 Å². The molecule has 0 radical (unpaired) electrons. The van der Waals surface area contributed by atoms with Gasteiger partial charge >= 0.3 is 6.18 Å². The normalized spacial score (nSPS) is 12.5. The van der Waals surface area contributed by atoms with E-state index in [4.69, 9.17) is 15.6 Å². The Hall–Kier alpha value is -2.22. The Balaban J connectivity index is 2.72. The first-order valence-electron chi connectivity index (χ1n) is 9.42. The molecule has 0 heterocycles. The lowest BCUT2D eigenvalue weighted by Crippen LogP contribution is -2.35. The average molecular weight is 402 g/mol. The van der Waals surface area contributed by atoms with Crippen molar-refractivity contribution in [1.82, 2.24) is 0 Å². The third kappa shape index (κ3) is 8.65. The van der Waals surface area contributed by atoms with Gasteiger partial charge in [-0.05, 0) is 24.6 Å². The van der Waals surface area contributed by atoms with Gasteiger partial charge in [0.2, 0.25) is 5.91 Å². The number of benzene rings is 1. The number of carbonyl (C=O) groups excluding carboxylic acids is 1. The number of aliphatic hydroxyl groups is 1. The number of halogens is 3. The molecule has 1 aromatic rings. The molecule has 1 aromatic carbocycles. The van der Waals surface area contributed by atoms with Gasteiger partial charge in [0.15, 0.2) is 0 Å². The Bertz CT molecular complexity index is 648. The van der Waals surface area contributed by atoms with E-state index in [1.807, 2.05) is 0 Å². The summed E-state index contributed by atoms with van der Waals surface area (Å²) in [6, 6.07) is 2.21. The van der Waals surface area contributed by atoms with Gasteiger partial charge in [0.1, 0.15) is 5.75 Å². The number of hydrogen-bond acceptors (Lipinski definition) is 4. The number of unbranched alkanes of at least 4 members (excludes halogenated alkanes) is 5. The Labute approximate surface area is 163 Å². The van der Waals surface area contributed by atoms with Crippen molar-refractivity contribution in [2.24, 2.45) is 5.73 Å². The van der Waals surface area contributed by atoms with Gasteiger partial charge in [0.05, 0.1) is 24.0 Å². The van der Waals surface area contributed by atoms with E-state index >= 15 is 0 Å². The molecule has 158 valence electrons. The van der Waals surface area contributed by atoms with Crippen LogP contribution in [-0.4, -0.2) is 23.7 Å². The molecule has 28 heavy (non-hydrogen) atoms. The maximum atomic E-state index is 13.3. The summed E-state index contributed by atoms with van der Waals surface area (Å²) < 4.78 is 45.4. The fourth-order valence-electron chi connectivity index (χ4n) is 2.60. The number of nitrogens with one attached hydrogen (secondary N) is 1. The van der Waals surface area contributed by atoms with E-state index in [2.05, 4.69) is 18.8 Å². The van der Waals surface area contributed by atoms with E-state index in [0.29, 0.717) is 6.42 Å². The summed E-state index contributed by atoms with van der Waals surface area (Å²) in [7, 11) is 0. The van der Waals surface area contributed by atoms with Crippen molar-refractivity contribution >= 4 is 11.6 Å². The molecule has 0 aliphatic carbocycles. The Morgan fingerprint density at radius 1 is 1.25 bits per heavy atom. The van der Waals surface area contributed by atoms with Gasteiger partial charge in [-0.3, -0.25) is 4.79 Å². The minimum atomic E-state index is -4.63. The zero-order chi connectivity index (χ0) is 21.2. The van der Waals surface area contributed by atoms with E-state index in [0.717, 1.165) is 38.2 Å². The lowest BCUT2D eigenvalue weighted by atomic mass is 10.1. The summed E-state index contributed by atoms with van der Waals surface area (Å²) in [5, 5.41) is 11.4. The van der Waals surface area contributed by atoms with E-state index in [-0.39, 0.29) is 30.2 Å². The van der Waals surface area contributed by atoms with Gasteiger partial charge in [-0.25, -0.2) is 0 Å². The first kappa shape index (κ1) is 23.8. The summed E-state index contributed by atoms with van der Waals surface area (Å²) in [5.74, 6) is -1.27. The van der Waals surface area contributed by atoms with Crippen molar-refractivity contribution in [1.29, 1.82) is 0 Å². The number of aliphatic hydroxyl groups excluding tert-OH is 1. The lowest BCUT2D eigenvalue weighted by molar-refractivity contribution is -0.139. The number of amides is 1. The highest BCUT2D eigenvalue weighted by Crippen LogP contribution is 2.38. The number of carbonyl (C=O) groups is 1. The molecule has 0 spiro atoms. The van der Waals surface area contributed by atoms with Crippen molar-refractivity contribution in [2.75, 3.05) is 11.9 Å². The maximum absolute atomic E-state index is 13.3. The SMILES string of the molecule is C=C(O)C[C@H](N)C(=O)Nc1ccc(OCCCCCCCC)c(C(F)(F)F)c1. The van der Waals surface area contributed by atoms with Crippen molar-refractivity contribution in [3.05, 3.63) is 36.1 Å². The van der Waals surface area contributed by atoms with Crippen molar-refractivity contribution in [2.45, 2.75) is 64.1 Å². The first-order chi connectivity index (χ1) is 13.1. The van der Waals surface area contributed by atoms with Crippen LogP contribution in [0, 0.1) is 0 Å². The summed E-state index contributed by atoms with van der Waals surface area (Å²) in [5.41, 5.74) is 4.55. The number of hydrogen-bond donors (Lipinski definition) is 3. The van der Waals surface area contributed by atoms with Gasteiger partial charge in [0.25, 0.3) is 0 Å². The van der Waals surface area contributed by atoms with Gasteiger partial charge in [-0.2, -0.15) is 13.2 Å². The molecule has 0 saturated carbocycles.